The van der Waals surface area contributed by atoms with Crippen LogP contribution in [-0.2, 0) is 5.60 Å². The predicted molar refractivity (Wildman–Crippen MR) is 69.5 cm³/mol. The number of benzene rings is 1. The lowest BCUT2D eigenvalue weighted by atomic mass is 9.91. The van der Waals surface area contributed by atoms with Crippen molar-refractivity contribution in [2.45, 2.75) is 18.0 Å². The summed E-state index contributed by atoms with van der Waals surface area (Å²) in [4.78, 5) is 6.46. The first kappa shape index (κ1) is 18.5. The summed E-state index contributed by atoms with van der Waals surface area (Å²) in [5.74, 6) is -1.39. The molecule has 0 fully saturated rings. The predicted octanol–water partition coefficient (Wildman–Crippen LogP) is 1.22. The lowest BCUT2D eigenvalue weighted by Crippen LogP contribution is -2.54. The van der Waals surface area contributed by atoms with E-state index in [1.807, 2.05) is 0 Å². The summed E-state index contributed by atoms with van der Waals surface area (Å²) in [6.45, 7) is 0. The average Bonchev–Trinajstić information content (AvgIpc) is 2.34. The number of para-hydroxylation sites is 1. The minimum atomic E-state index is -6.05. The minimum absolute atomic E-state index is 0.419. The molecule has 0 amide bonds. The SMILES string of the molecule is NC(N)=NC(N)=Nc1ccccc1C(O)(C(F)(F)F)C(F)(F)F. The first-order valence-electron chi connectivity index (χ1n) is 5.70. The Morgan fingerprint density at radius 1 is 0.913 bits per heavy atom. The highest BCUT2D eigenvalue weighted by Crippen LogP contribution is 2.52. The molecule has 6 nitrogen and oxygen atoms in total. The smallest absolute Gasteiger partial charge is 0.370 e. The van der Waals surface area contributed by atoms with Gasteiger partial charge < -0.3 is 22.3 Å². The lowest BCUT2D eigenvalue weighted by Gasteiger charge is -2.33. The average molecular weight is 343 g/mol. The molecule has 0 atom stereocenters. The van der Waals surface area contributed by atoms with E-state index in [-0.39, 0.29) is 0 Å². The maximum Gasteiger partial charge on any atom is 0.430 e. The van der Waals surface area contributed by atoms with Crippen molar-refractivity contribution < 1.29 is 31.4 Å². The third-order valence-electron chi connectivity index (χ3n) is 2.59. The molecule has 12 heteroatoms. The van der Waals surface area contributed by atoms with Crippen LogP contribution in [-0.4, -0.2) is 29.4 Å². The Labute approximate surface area is 125 Å². The molecule has 7 N–H and O–H groups in total. The molecule has 0 aromatic heterocycles. The molecule has 1 rings (SSSR count). The highest BCUT2D eigenvalue weighted by Gasteiger charge is 2.72. The molecule has 23 heavy (non-hydrogen) atoms. The van der Waals surface area contributed by atoms with Crippen LogP contribution in [0, 0.1) is 0 Å². The maximum absolute atomic E-state index is 12.9. The number of aliphatic imine (C=N–C) groups is 2. The van der Waals surface area contributed by atoms with Gasteiger partial charge in [0.15, 0.2) is 5.96 Å². The summed E-state index contributed by atoms with van der Waals surface area (Å²) in [5.41, 5.74) is 7.53. The summed E-state index contributed by atoms with van der Waals surface area (Å²) >= 11 is 0. The summed E-state index contributed by atoms with van der Waals surface area (Å²) in [6.07, 6.45) is -12.1. The van der Waals surface area contributed by atoms with E-state index in [4.69, 9.17) is 17.2 Å². The van der Waals surface area contributed by atoms with Crippen molar-refractivity contribution in [3.8, 4) is 0 Å². The van der Waals surface area contributed by atoms with Crippen molar-refractivity contribution in [2.75, 3.05) is 0 Å². The maximum atomic E-state index is 12.9. The zero-order chi connectivity index (χ0) is 18.1. The second kappa shape index (κ2) is 5.95. The van der Waals surface area contributed by atoms with Crippen LogP contribution in [0.5, 0.6) is 0 Å². The van der Waals surface area contributed by atoms with E-state index < -0.39 is 41.1 Å². The van der Waals surface area contributed by atoms with E-state index in [0.29, 0.717) is 6.07 Å². The van der Waals surface area contributed by atoms with E-state index in [2.05, 4.69) is 9.98 Å². The molecule has 0 aliphatic carbocycles. The molecule has 0 bridgehead atoms. The summed E-state index contributed by atoms with van der Waals surface area (Å²) < 4.78 is 77.4. The van der Waals surface area contributed by atoms with Gasteiger partial charge in [0, 0.05) is 5.56 Å². The first-order chi connectivity index (χ1) is 10.3. The molecule has 1 aromatic rings. The first-order valence-corrected chi connectivity index (χ1v) is 5.70. The van der Waals surface area contributed by atoms with Gasteiger partial charge in [-0.1, -0.05) is 18.2 Å². The largest absolute Gasteiger partial charge is 0.430 e. The molecule has 0 heterocycles. The van der Waals surface area contributed by atoms with Crippen molar-refractivity contribution >= 4 is 17.6 Å². The van der Waals surface area contributed by atoms with Crippen molar-refractivity contribution in [2.24, 2.45) is 27.2 Å². The number of nitrogens with two attached hydrogens (primary N) is 3. The Bertz CT molecular complexity index is 619. The number of hydrogen-bond donors (Lipinski definition) is 4. The number of halogens is 6. The Morgan fingerprint density at radius 3 is 1.83 bits per heavy atom. The molecule has 128 valence electrons. The number of guanidine groups is 2. The molecule has 0 unspecified atom stereocenters. The zero-order valence-electron chi connectivity index (χ0n) is 11.2. The molecule has 0 saturated heterocycles. The van der Waals surface area contributed by atoms with E-state index >= 15 is 0 Å². The van der Waals surface area contributed by atoms with Crippen LogP contribution in [0.1, 0.15) is 5.56 Å². The van der Waals surface area contributed by atoms with Gasteiger partial charge in [0.25, 0.3) is 5.60 Å². The quantitative estimate of drug-likeness (QED) is 0.366. The summed E-state index contributed by atoms with van der Waals surface area (Å²) in [7, 11) is 0. The van der Waals surface area contributed by atoms with Crippen molar-refractivity contribution in [1.82, 2.24) is 0 Å². The van der Waals surface area contributed by atoms with Gasteiger partial charge in [-0.2, -0.15) is 31.3 Å². The van der Waals surface area contributed by atoms with Gasteiger partial charge in [0.1, 0.15) is 0 Å². The molecule has 1 aromatic carbocycles. The van der Waals surface area contributed by atoms with Crippen molar-refractivity contribution in [3.05, 3.63) is 29.8 Å². The Hall–Kier alpha value is -2.50. The fourth-order valence-electron chi connectivity index (χ4n) is 1.62. The number of rotatable bonds is 2. The highest BCUT2D eigenvalue weighted by atomic mass is 19.4. The molecule has 0 aliphatic heterocycles. The van der Waals surface area contributed by atoms with Crippen LogP contribution >= 0.6 is 0 Å². The number of hydrogen-bond acceptors (Lipinski definition) is 2. The minimum Gasteiger partial charge on any atom is -0.370 e. The van der Waals surface area contributed by atoms with Crippen LogP contribution in [0.4, 0.5) is 32.0 Å². The van der Waals surface area contributed by atoms with E-state index in [1.54, 1.807) is 0 Å². The molecule has 0 aliphatic rings. The van der Waals surface area contributed by atoms with E-state index in [1.165, 1.54) is 0 Å². The Balaban J connectivity index is 3.63. The highest BCUT2D eigenvalue weighted by molar-refractivity contribution is 5.93. The van der Waals surface area contributed by atoms with Crippen LogP contribution < -0.4 is 17.2 Å². The number of aliphatic hydroxyl groups is 1. The van der Waals surface area contributed by atoms with Crippen LogP contribution in [0.3, 0.4) is 0 Å². The van der Waals surface area contributed by atoms with Gasteiger partial charge in [-0.05, 0) is 6.07 Å². The van der Waals surface area contributed by atoms with Gasteiger partial charge in [-0.25, -0.2) is 4.99 Å². The van der Waals surface area contributed by atoms with Crippen molar-refractivity contribution in [3.63, 3.8) is 0 Å². The van der Waals surface area contributed by atoms with Crippen LogP contribution in [0.15, 0.2) is 34.3 Å². The molecule has 0 spiro atoms. The van der Waals surface area contributed by atoms with Crippen LogP contribution in [0.25, 0.3) is 0 Å². The second-order valence-corrected chi connectivity index (χ2v) is 4.23. The fraction of sp³-hybridized carbons (Fsp3) is 0.273. The van der Waals surface area contributed by atoms with Crippen LogP contribution in [0.2, 0.25) is 0 Å². The van der Waals surface area contributed by atoms with Gasteiger partial charge >= 0.3 is 12.4 Å². The summed E-state index contributed by atoms with van der Waals surface area (Å²) in [5, 5.41) is 9.39. The van der Waals surface area contributed by atoms with Crippen molar-refractivity contribution in [1.29, 1.82) is 0 Å². The second-order valence-electron chi connectivity index (χ2n) is 4.23. The monoisotopic (exact) mass is 343 g/mol. The lowest BCUT2D eigenvalue weighted by molar-refractivity contribution is -0.376. The van der Waals surface area contributed by atoms with Gasteiger partial charge in [-0.3, -0.25) is 0 Å². The Morgan fingerprint density at radius 2 is 1.39 bits per heavy atom. The molecule has 0 radical (unpaired) electrons. The topological polar surface area (TPSA) is 123 Å². The van der Waals surface area contributed by atoms with Gasteiger partial charge in [-0.15, -0.1) is 0 Å². The number of nitrogens with zero attached hydrogens (tertiary/aromatic N) is 2. The normalized spacial score (nSPS) is 13.8. The van der Waals surface area contributed by atoms with E-state index in [9.17, 15) is 31.4 Å². The fourth-order valence-corrected chi connectivity index (χ4v) is 1.62. The standard InChI is InChI=1S/C11H11F6N5O/c12-10(13,14)9(23,11(15,16)17)5-3-1-2-4-6(5)21-8(20)22-7(18)19/h1-4,23H,(H6,18,19,20,21,22). The summed E-state index contributed by atoms with van der Waals surface area (Å²) in [6, 6.07) is 3.17. The molecule has 0 saturated carbocycles. The molecular formula is C11H11F6N5O. The third kappa shape index (κ3) is 3.64. The zero-order valence-corrected chi connectivity index (χ0v) is 11.2. The van der Waals surface area contributed by atoms with Gasteiger partial charge in [0.05, 0.1) is 5.69 Å². The molecular weight excluding hydrogens is 332 g/mol. The van der Waals surface area contributed by atoms with Gasteiger partial charge in [0.2, 0.25) is 5.96 Å². The third-order valence-corrected chi connectivity index (χ3v) is 2.59. The number of alkyl halides is 6. The Kier molecular flexibility index (Phi) is 4.80. The van der Waals surface area contributed by atoms with E-state index in [0.717, 1.165) is 18.2 Å².